The molecule has 0 aromatic carbocycles. The number of sulfone groups is 1. The maximum Gasteiger partial charge on any atom is 0.328 e. The molecule has 1 rings (SSSR count). The Bertz CT molecular complexity index is 497. The van der Waals surface area contributed by atoms with Crippen molar-refractivity contribution in [1.29, 1.82) is 0 Å². The lowest BCUT2D eigenvalue weighted by molar-refractivity contribution is 0.245. The first-order valence-corrected chi connectivity index (χ1v) is 9.13. The van der Waals surface area contributed by atoms with Gasteiger partial charge in [-0.2, -0.15) is 0 Å². The Labute approximate surface area is 107 Å². The van der Waals surface area contributed by atoms with Crippen LogP contribution in [0.1, 0.15) is 26.2 Å². The molecule has 0 aromatic heterocycles. The van der Waals surface area contributed by atoms with Gasteiger partial charge >= 0.3 is 6.03 Å². The summed E-state index contributed by atoms with van der Waals surface area (Å²) in [6.07, 6.45) is 1.68. The van der Waals surface area contributed by atoms with E-state index in [0.29, 0.717) is 6.54 Å². The fourth-order valence-electron chi connectivity index (χ4n) is 1.63. The Morgan fingerprint density at radius 3 is 2.56 bits per heavy atom. The number of amides is 2. The van der Waals surface area contributed by atoms with Crippen LogP contribution in [0.25, 0.3) is 0 Å². The highest BCUT2D eigenvalue weighted by Gasteiger charge is 2.37. The zero-order valence-corrected chi connectivity index (χ0v) is 11.8. The third-order valence-electron chi connectivity index (χ3n) is 2.68. The molecule has 1 aliphatic heterocycles. The van der Waals surface area contributed by atoms with Gasteiger partial charge in [0, 0.05) is 6.54 Å². The highest BCUT2D eigenvalue weighted by molar-refractivity contribution is 7.95. The molecule has 0 spiro atoms. The number of unbranched alkanes of at least 4 members (excludes halogenated alkanes) is 1. The van der Waals surface area contributed by atoms with Gasteiger partial charge in [-0.1, -0.05) is 13.3 Å². The first kappa shape index (κ1) is 15.2. The molecule has 1 fully saturated rings. The molecule has 1 atom stereocenters. The average molecular weight is 298 g/mol. The van der Waals surface area contributed by atoms with Crippen molar-refractivity contribution < 1.29 is 21.6 Å². The van der Waals surface area contributed by atoms with Gasteiger partial charge in [-0.3, -0.25) is 0 Å². The Morgan fingerprint density at radius 1 is 1.39 bits per heavy atom. The zero-order valence-electron chi connectivity index (χ0n) is 10.2. The smallest absolute Gasteiger partial charge is 0.328 e. The van der Waals surface area contributed by atoms with Crippen molar-refractivity contribution in [3.05, 3.63) is 0 Å². The molecule has 0 saturated carbocycles. The molecule has 0 radical (unpaired) electrons. The fourth-order valence-corrected chi connectivity index (χ4v) is 5.59. The number of nitrogens with one attached hydrogen (secondary N) is 2. The van der Waals surface area contributed by atoms with Gasteiger partial charge in [0.05, 0.1) is 16.8 Å². The van der Waals surface area contributed by atoms with Crippen molar-refractivity contribution in [3.8, 4) is 0 Å². The van der Waals surface area contributed by atoms with E-state index in [-0.39, 0.29) is 12.2 Å². The van der Waals surface area contributed by atoms with Crippen LogP contribution in [0.3, 0.4) is 0 Å². The van der Waals surface area contributed by atoms with E-state index in [1.165, 1.54) is 0 Å². The Kier molecular flexibility index (Phi) is 4.97. The topological polar surface area (TPSA) is 109 Å². The van der Waals surface area contributed by atoms with Crippen molar-refractivity contribution in [2.45, 2.75) is 31.4 Å². The molecular weight excluding hydrogens is 280 g/mol. The van der Waals surface area contributed by atoms with Gasteiger partial charge in [0.1, 0.15) is 0 Å². The summed E-state index contributed by atoms with van der Waals surface area (Å²) < 4.78 is 47.7. The molecule has 0 aliphatic carbocycles. The molecule has 1 saturated heterocycles. The molecule has 1 heterocycles. The van der Waals surface area contributed by atoms with Crippen LogP contribution in [-0.2, 0) is 19.9 Å². The predicted molar refractivity (Wildman–Crippen MR) is 67.4 cm³/mol. The molecule has 7 nitrogen and oxygen atoms in total. The molecule has 0 aromatic rings. The maximum absolute atomic E-state index is 11.7. The van der Waals surface area contributed by atoms with Gasteiger partial charge in [0.25, 0.3) is 0 Å². The Balaban J connectivity index is 2.53. The largest absolute Gasteiger partial charge is 0.337 e. The number of hydrogen-bond acceptors (Lipinski definition) is 5. The quantitative estimate of drug-likeness (QED) is 0.671. The second-order valence-electron chi connectivity index (χ2n) is 4.28. The first-order chi connectivity index (χ1) is 8.27. The monoisotopic (exact) mass is 298 g/mol. The van der Waals surface area contributed by atoms with Crippen molar-refractivity contribution in [2.75, 3.05) is 18.1 Å². The van der Waals surface area contributed by atoms with E-state index in [1.54, 1.807) is 0 Å². The highest BCUT2D eigenvalue weighted by atomic mass is 32.2. The fraction of sp³-hybridized carbons (Fsp3) is 0.889. The predicted octanol–water partition coefficient (Wildman–Crippen LogP) is -0.397. The lowest BCUT2D eigenvalue weighted by atomic mass is 10.3. The summed E-state index contributed by atoms with van der Waals surface area (Å²) >= 11 is 0. The number of hydrogen-bond donors (Lipinski definition) is 2. The van der Waals surface area contributed by atoms with Gasteiger partial charge in [-0.25, -0.2) is 26.4 Å². The van der Waals surface area contributed by atoms with Gasteiger partial charge in [0.2, 0.25) is 10.0 Å². The van der Waals surface area contributed by atoms with Crippen molar-refractivity contribution in [1.82, 2.24) is 10.0 Å². The summed E-state index contributed by atoms with van der Waals surface area (Å²) in [5, 5.41) is 1.38. The second-order valence-corrected chi connectivity index (χ2v) is 8.47. The van der Waals surface area contributed by atoms with Crippen molar-refractivity contribution >= 4 is 25.9 Å². The summed E-state index contributed by atoms with van der Waals surface area (Å²) in [6, 6.07) is -0.798. The summed E-state index contributed by atoms with van der Waals surface area (Å²) in [5.74, 6) is -0.555. The van der Waals surface area contributed by atoms with Gasteiger partial charge in [0.15, 0.2) is 9.84 Å². The molecule has 0 bridgehead atoms. The number of sulfonamides is 1. The Morgan fingerprint density at radius 2 is 2.06 bits per heavy atom. The zero-order chi connectivity index (χ0) is 13.8. The number of rotatable bonds is 5. The summed E-state index contributed by atoms with van der Waals surface area (Å²) in [4.78, 5) is 11.3. The van der Waals surface area contributed by atoms with Gasteiger partial charge < -0.3 is 5.32 Å². The summed E-state index contributed by atoms with van der Waals surface area (Å²) in [6.45, 7) is 2.33. The van der Waals surface area contributed by atoms with Crippen LogP contribution < -0.4 is 10.0 Å². The van der Waals surface area contributed by atoms with Crippen molar-refractivity contribution in [3.63, 3.8) is 0 Å². The van der Waals surface area contributed by atoms with E-state index in [4.69, 9.17) is 0 Å². The number of urea groups is 1. The normalized spacial score (nSPS) is 22.6. The van der Waals surface area contributed by atoms with E-state index in [0.717, 1.165) is 12.8 Å². The van der Waals surface area contributed by atoms with E-state index < -0.39 is 36.9 Å². The van der Waals surface area contributed by atoms with E-state index in [1.807, 2.05) is 11.6 Å². The van der Waals surface area contributed by atoms with Crippen LogP contribution in [0.5, 0.6) is 0 Å². The summed E-state index contributed by atoms with van der Waals surface area (Å²) in [5.41, 5.74) is 0. The second kappa shape index (κ2) is 5.87. The lowest BCUT2D eigenvalue weighted by Crippen LogP contribution is -2.44. The third-order valence-corrected chi connectivity index (χ3v) is 6.41. The molecule has 2 N–H and O–H groups in total. The minimum Gasteiger partial charge on any atom is -0.337 e. The maximum atomic E-state index is 11.7. The molecule has 2 amide bonds. The molecule has 1 unspecified atom stereocenters. The van der Waals surface area contributed by atoms with E-state index in [2.05, 4.69) is 5.32 Å². The molecular formula is C9H18N2O5S2. The van der Waals surface area contributed by atoms with Crippen LogP contribution in [0.2, 0.25) is 0 Å². The summed E-state index contributed by atoms with van der Waals surface area (Å²) in [7, 11) is -7.19. The minimum atomic E-state index is -3.91. The third kappa shape index (κ3) is 4.45. The lowest BCUT2D eigenvalue weighted by Gasteiger charge is -2.11. The number of carbonyl (C=O) groups excluding carboxylic acids is 1. The Hall–Kier alpha value is -0.830. The molecule has 1 aliphatic rings. The standard InChI is InChI=1S/C9H18N2O5S2/c1-2-3-5-10-9(12)11-18(15,16)8-4-6-17(13,14)7-8/h8H,2-7H2,1H3,(H2,10,11,12). The van der Waals surface area contributed by atoms with E-state index >= 15 is 0 Å². The van der Waals surface area contributed by atoms with Crippen LogP contribution in [-0.4, -0.2) is 46.2 Å². The van der Waals surface area contributed by atoms with Crippen LogP contribution >= 0.6 is 0 Å². The molecule has 18 heavy (non-hydrogen) atoms. The average Bonchev–Trinajstić information content (AvgIpc) is 2.59. The van der Waals surface area contributed by atoms with Gasteiger partial charge in [-0.15, -0.1) is 0 Å². The van der Waals surface area contributed by atoms with Crippen LogP contribution in [0.15, 0.2) is 0 Å². The molecule has 106 valence electrons. The SMILES string of the molecule is CCCCNC(=O)NS(=O)(=O)C1CCS(=O)(=O)C1. The first-order valence-electron chi connectivity index (χ1n) is 5.77. The van der Waals surface area contributed by atoms with Gasteiger partial charge in [-0.05, 0) is 12.8 Å². The van der Waals surface area contributed by atoms with Crippen LogP contribution in [0.4, 0.5) is 4.79 Å². The minimum absolute atomic E-state index is 0.0416. The highest BCUT2D eigenvalue weighted by Crippen LogP contribution is 2.17. The van der Waals surface area contributed by atoms with Crippen LogP contribution in [0, 0.1) is 0 Å². The van der Waals surface area contributed by atoms with E-state index in [9.17, 15) is 21.6 Å². The van der Waals surface area contributed by atoms with Crippen molar-refractivity contribution in [2.24, 2.45) is 0 Å². The number of carbonyl (C=O) groups is 1. The molecule has 9 heteroatoms.